The molecule has 1 aromatic carbocycles. The van der Waals surface area contributed by atoms with Crippen molar-refractivity contribution in [3.8, 4) is 6.07 Å². The summed E-state index contributed by atoms with van der Waals surface area (Å²) in [7, 11) is 1.65. The molecule has 8 heteroatoms. The van der Waals surface area contributed by atoms with E-state index in [2.05, 4.69) is 11.1 Å². The Bertz CT molecular complexity index is 716. The number of benzene rings is 1. The first-order chi connectivity index (χ1) is 11.2. The minimum Gasteiger partial charge on any atom is -0.378 e. The third-order valence-electron chi connectivity index (χ3n) is 3.54. The summed E-state index contributed by atoms with van der Waals surface area (Å²) in [6.45, 7) is 0.929. The predicted octanol–water partition coefficient (Wildman–Crippen LogP) is 2.32. The third-order valence-corrected chi connectivity index (χ3v) is 5.57. The molecule has 1 aliphatic heterocycles. The molecule has 6 nitrogen and oxygen atoms in total. The lowest BCUT2D eigenvalue weighted by Gasteiger charge is -2.31. The van der Waals surface area contributed by atoms with Crippen LogP contribution in [0.25, 0.3) is 10.2 Å². The molecule has 2 heterocycles. The van der Waals surface area contributed by atoms with Crippen molar-refractivity contribution in [3.05, 3.63) is 23.2 Å². The lowest BCUT2D eigenvalue weighted by molar-refractivity contribution is -0.102. The summed E-state index contributed by atoms with van der Waals surface area (Å²) < 4.78 is 17.8. The van der Waals surface area contributed by atoms with Crippen LogP contribution in [0.3, 0.4) is 0 Å². The van der Waals surface area contributed by atoms with E-state index in [4.69, 9.17) is 19.9 Å². The molecule has 1 aliphatic rings. The van der Waals surface area contributed by atoms with Crippen molar-refractivity contribution in [2.24, 2.45) is 5.73 Å². The maximum Gasteiger partial charge on any atom is 0.136 e. The molecule has 0 bridgehead atoms. The third kappa shape index (κ3) is 3.83. The van der Waals surface area contributed by atoms with Gasteiger partial charge in [0.1, 0.15) is 17.7 Å². The zero-order chi connectivity index (χ0) is 16.2. The molecule has 0 spiro atoms. The Morgan fingerprint density at radius 2 is 2.39 bits per heavy atom. The fourth-order valence-corrected chi connectivity index (χ4v) is 4.40. The molecule has 3 rings (SSSR count). The molecule has 1 saturated heterocycles. The van der Waals surface area contributed by atoms with Crippen LogP contribution in [0, 0.1) is 11.3 Å². The minimum atomic E-state index is -0.511. The van der Waals surface area contributed by atoms with Gasteiger partial charge in [-0.3, -0.25) is 0 Å². The van der Waals surface area contributed by atoms with Gasteiger partial charge in [-0.2, -0.15) is 5.26 Å². The van der Waals surface area contributed by atoms with Gasteiger partial charge in [-0.05, 0) is 12.1 Å². The molecule has 1 aromatic heterocycles. The molecule has 122 valence electrons. The van der Waals surface area contributed by atoms with Crippen LogP contribution in [0.15, 0.2) is 22.5 Å². The molecule has 2 aromatic rings. The van der Waals surface area contributed by atoms with Crippen molar-refractivity contribution >= 4 is 33.3 Å². The minimum absolute atomic E-state index is 0.157. The fraction of sp³-hybridized carbons (Fsp3) is 0.467. The SMILES string of the molecule is CO[C@H]1CCOCC(N)OC1Sc1cc2scnc2cc1C#N. The molecule has 2 N–H and O–H groups in total. The average molecular weight is 351 g/mol. The summed E-state index contributed by atoms with van der Waals surface area (Å²) in [5.41, 5.74) is 8.82. The van der Waals surface area contributed by atoms with Gasteiger partial charge in [-0.1, -0.05) is 11.8 Å². The zero-order valence-electron chi connectivity index (χ0n) is 12.6. The predicted molar refractivity (Wildman–Crippen MR) is 89.3 cm³/mol. The topological polar surface area (TPSA) is 90.4 Å². The Labute approximate surface area is 142 Å². The highest BCUT2D eigenvalue weighted by molar-refractivity contribution is 7.99. The molecular formula is C15H17N3O3S2. The van der Waals surface area contributed by atoms with Crippen LogP contribution >= 0.6 is 23.1 Å². The number of fused-ring (bicyclic) bond motifs is 1. The van der Waals surface area contributed by atoms with Crippen LogP contribution in [0.4, 0.5) is 0 Å². The average Bonchev–Trinajstić information content (AvgIpc) is 2.99. The molecule has 0 aliphatic carbocycles. The number of hydrogen-bond acceptors (Lipinski definition) is 8. The summed E-state index contributed by atoms with van der Waals surface area (Å²) in [5.74, 6) is 0. The number of ether oxygens (including phenoxy) is 3. The van der Waals surface area contributed by atoms with E-state index in [1.807, 2.05) is 12.1 Å². The number of thioether (sulfide) groups is 1. The van der Waals surface area contributed by atoms with Crippen molar-refractivity contribution in [2.75, 3.05) is 20.3 Å². The number of nitriles is 1. The smallest absolute Gasteiger partial charge is 0.136 e. The van der Waals surface area contributed by atoms with Gasteiger partial charge in [0.2, 0.25) is 0 Å². The zero-order valence-corrected chi connectivity index (χ0v) is 14.2. The number of hydrogen-bond donors (Lipinski definition) is 1. The van der Waals surface area contributed by atoms with Crippen LogP contribution in [0.2, 0.25) is 0 Å². The summed E-state index contributed by atoms with van der Waals surface area (Å²) in [4.78, 5) is 5.10. The van der Waals surface area contributed by atoms with E-state index in [1.54, 1.807) is 24.0 Å². The van der Waals surface area contributed by atoms with E-state index >= 15 is 0 Å². The van der Waals surface area contributed by atoms with Crippen LogP contribution < -0.4 is 5.73 Å². The standard InChI is InChI=1S/C15H17N3O3S2/c1-19-11-2-3-20-7-14(17)21-15(11)23-12-5-13-10(18-8-22-13)4-9(12)6-16/h4-5,8,11,14-15H,2-3,7,17H2,1H3/t11-,14?,15?/m0/s1. The highest BCUT2D eigenvalue weighted by atomic mass is 32.2. The van der Waals surface area contributed by atoms with E-state index in [9.17, 15) is 5.26 Å². The summed E-state index contributed by atoms with van der Waals surface area (Å²) >= 11 is 3.01. The molecule has 0 saturated carbocycles. The van der Waals surface area contributed by atoms with Crippen molar-refractivity contribution in [1.29, 1.82) is 5.26 Å². The van der Waals surface area contributed by atoms with Crippen molar-refractivity contribution < 1.29 is 14.2 Å². The van der Waals surface area contributed by atoms with E-state index in [0.29, 0.717) is 25.2 Å². The number of nitrogens with zero attached hydrogens (tertiary/aromatic N) is 2. The summed E-state index contributed by atoms with van der Waals surface area (Å²) in [6.07, 6.45) is 0.0455. The highest BCUT2D eigenvalue weighted by Gasteiger charge is 2.28. The van der Waals surface area contributed by atoms with E-state index in [-0.39, 0.29) is 11.5 Å². The van der Waals surface area contributed by atoms with Gasteiger partial charge >= 0.3 is 0 Å². The van der Waals surface area contributed by atoms with Crippen LogP contribution in [-0.4, -0.2) is 43.1 Å². The lowest BCUT2D eigenvalue weighted by Crippen LogP contribution is -2.41. The van der Waals surface area contributed by atoms with Crippen molar-refractivity contribution in [1.82, 2.24) is 4.98 Å². The Morgan fingerprint density at radius 3 is 3.17 bits per heavy atom. The number of aromatic nitrogens is 1. The second-order valence-corrected chi connectivity index (χ2v) is 7.11. The normalized spacial score (nSPS) is 25.7. The largest absolute Gasteiger partial charge is 0.378 e. The number of thiazole rings is 1. The lowest BCUT2D eigenvalue weighted by atomic mass is 10.2. The first kappa shape index (κ1) is 16.6. The quantitative estimate of drug-likeness (QED) is 0.907. The van der Waals surface area contributed by atoms with Gasteiger partial charge in [0.25, 0.3) is 0 Å². The number of nitrogens with two attached hydrogens (primary N) is 1. The van der Waals surface area contributed by atoms with Crippen molar-refractivity contribution in [3.63, 3.8) is 0 Å². The molecular weight excluding hydrogens is 334 g/mol. The van der Waals surface area contributed by atoms with E-state index in [1.165, 1.54) is 11.8 Å². The monoisotopic (exact) mass is 351 g/mol. The molecule has 0 amide bonds. The molecule has 2 unspecified atom stereocenters. The second-order valence-electron chi connectivity index (χ2n) is 5.08. The van der Waals surface area contributed by atoms with Gasteiger partial charge in [0.15, 0.2) is 0 Å². The van der Waals surface area contributed by atoms with Crippen LogP contribution in [-0.2, 0) is 14.2 Å². The molecule has 3 atom stereocenters. The van der Waals surface area contributed by atoms with Gasteiger partial charge in [0, 0.05) is 25.0 Å². The molecule has 23 heavy (non-hydrogen) atoms. The number of methoxy groups -OCH3 is 1. The van der Waals surface area contributed by atoms with Gasteiger partial charge in [0.05, 0.1) is 34.0 Å². The summed E-state index contributed by atoms with van der Waals surface area (Å²) in [6, 6.07) is 6.02. The highest BCUT2D eigenvalue weighted by Crippen LogP contribution is 2.35. The van der Waals surface area contributed by atoms with Crippen LogP contribution in [0.1, 0.15) is 12.0 Å². The van der Waals surface area contributed by atoms with Gasteiger partial charge in [-0.25, -0.2) is 4.98 Å². The first-order valence-corrected chi connectivity index (χ1v) is 8.92. The first-order valence-electron chi connectivity index (χ1n) is 7.17. The Hall–Kier alpha value is -1.21. The second kappa shape index (κ2) is 7.57. The Kier molecular flexibility index (Phi) is 5.48. The van der Waals surface area contributed by atoms with Crippen LogP contribution in [0.5, 0.6) is 0 Å². The Morgan fingerprint density at radius 1 is 1.52 bits per heavy atom. The molecule has 1 fully saturated rings. The van der Waals surface area contributed by atoms with Crippen molar-refractivity contribution in [2.45, 2.75) is 29.1 Å². The maximum atomic E-state index is 9.42. The van der Waals surface area contributed by atoms with Gasteiger partial charge < -0.3 is 19.9 Å². The maximum absolute atomic E-state index is 9.42. The Balaban J connectivity index is 1.89. The van der Waals surface area contributed by atoms with E-state index < -0.39 is 6.23 Å². The van der Waals surface area contributed by atoms with Gasteiger partial charge in [-0.15, -0.1) is 11.3 Å². The molecule has 0 radical (unpaired) electrons. The van der Waals surface area contributed by atoms with E-state index in [0.717, 1.165) is 15.1 Å². The summed E-state index contributed by atoms with van der Waals surface area (Å²) in [5, 5.41) is 9.42. The fourth-order valence-electron chi connectivity index (χ4n) is 2.36. The number of rotatable bonds is 3.